The predicted molar refractivity (Wildman–Crippen MR) is 88.2 cm³/mol. The highest BCUT2D eigenvalue weighted by Gasteiger charge is 2.24. The van der Waals surface area contributed by atoms with Crippen LogP contribution < -0.4 is 0 Å². The Kier molecular flexibility index (Phi) is 5.35. The average Bonchev–Trinajstić information content (AvgIpc) is 2.52. The summed E-state index contributed by atoms with van der Waals surface area (Å²) in [6.45, 7) is 0. The highest BCUT2D eigenvalue weighted by molar-refractivity contribution is 7.93. The van der Waals surface area contributed by atoms with Crippen LogP contribution in [-0.2, 0) is 9.84 Å². The maximum atomic E-state index is 12.6. The molecule has 0 radical (unpaired) electrons. The fourth-order valence-corrected chi connectivity index (χ4v) is 3.31. The summed E-state index contributed by atoms with van der Waals surface area (Å²) in [4.78, 5) is 0.111. The van der Waals surface area contributed by atoms with Crippen LogP contribution in [0.15, 0.2) is 70.7 Å². The minimum atomic E-state index is -3.70. The van der Waals surface area contributed by atoms with E-state index in [0.29, 0.717) is 5.02 Å². The fraction of sp³-hybridized carbons (Fsp3) is 0.0625. The smallest absolute Gasteiger partial charge is 0.190 e. The fourth-order valence-electron chi connectivity index (χ4n) is 1.85. The summed E-state index contributed by atoms with van der Waals surface area (Å²) in [5.41, 5.74) is 0.852. The van der Waals surface area contributed by atoms with Crippen molar-refractivity contribution >= 4 is 33.7 Å². The SMILES string of the molecule is O=S(=O)(c1ccc(Cl)cc1)[C@@H](/C=C/c1ccccc1)/C=N/O. The first kappa shape index (κ1) is 16.3. The largest absolute Gasteiger partial charge is 0.411 e. The van der Waals surface area contributed by atoms with Gasteiger partial charge in [-0.05, 0) is 29.8 Å². The van der Waals surface area contributed by atoms with Gasteiger partial charge in [0.2, 0.25) is 0 Å². The van der Waals surface area contributed by atoms with Crippen molar-refractivity contribution in [3.05, 3.63) is 71.3 Å². The van der Waals surface area contributed by atoms with Gasteiger partial charge < -0.3 is 5.21 Å². The van der Waals surface area contributed by atoms with E-state index in [9.17, 15) is 8.42 Å². The van der Waals surface area contributed by atoms with Gasteiger partial charge in [0.05, 0.1) is 11.1 Å². The second-order valence-electron chi connectivity index (χ2n) is 4.50. The predicted octanol–water partition coefficient (Wildman–Crippen LogP) is 3.66. The van der Waals surface area contributed by atoms with Crippen LogP contribution in [0.2, 0.25) is 5.02 Å². The Labute approximate surface area is 134 Å². The van der Waals surface area contributed by atoms with Gasteiger partial charge in [0.15, 0.2) is 9.84 Å². The summed E-state index contributed by atoms with van der Waals surface area (Å²) in [5, 5.41) is 11.0. The number of hydrogen-bond donors (Lipinski definition) is 1. The second-order valence-corrected chi connectivity index (χ2v) is 7.04. The lowest BCUT2D eigenvalue weighted by Crippen LogP contribution is -2.20. The average molecular weight is 336 g/mol. The van der Waals surface area contributed by atoms with Crippen molar-refractivity contribution in [2.24, 2.45) is 5.16 Å². The first-order chi connectivity index (χ1) is 10.5. The maximum Gasteiger partial charge on any atom is 0.190 e. The number of halogens is 1. The highest BCUT2D eigenvalue weighted by atomic mass is 35.5. The maximum absolute atomic E-state index is 12.6. The van der Waals surface area contributed by atoms with E-state index < -0.39 is 15.1 Å². The van der Waals surface area contributed by atoms with E-state index in [1.807, 2.05) is 30.3 Å². The van der Waals surface area contributed by atoms with Crippen molar-refractivity contribution in [2.45, 2.75) is 10.1 Å². The summed E-state index contributed by atoms with van der Waals surface area (Å²) in [6.07, 6.45) is 4.11. The Morgan fingerprint density at radius 1 is 1.05 bits per heavy atom. The van der Waals surface area contributed by atoms with Crippen molar-refractivity contribution in [1.82, 2.24) is 0 Å². The lowest BCUT2D eigenvalue weighted by atomic mass is 10.2. The zero-order valence-electron chi connectivity index (χ0n) is 11.5. The van der Waals surface area contributed by atoms with Gasteiger partial charge in [-0.1, -0.05) is 54.1 Å². The van der Waals surface area contributed by atoms with E-state index in [1.54, 1.807) is 6.08 Å². The van der Waals surface area contributed by atoms with Crippen LogP contribution in [0.1, 0.15) is 5.56 Å². The van der Waals surface area contributed by atoms with E-state index in [-0.39, 0.29) is 4.90 Å². The van der Waals surface area contributed by atoms with Crippen molar-refractivity contribution in [2.75, 3.05) is 0 Å². The molecule has 2 rings (SSSR count). The lowest BCUT2D eigenvalue weighted by molar-refractivity contribution is 0.321. The molecule has 0 aliphatic heterocycles. The standard InChI is InChI=1S/C16H14ClNO3S/c17-14-7-10-15(11-8-14)22(20,21)16(12-18-19)9-6-13-4-2-1-3-5-13/h1-12,16,19H/b9-6+,18-12+/t16-/m0/s1. The molecule has 2 aromatic carbocycles. The summed E-state index contributed by atoms with van der Waals surface area (Å²) in [7, 11) is -3.70. The normalized spacial score (nSPS) is 13.7. The zero-order chi connectivity index (χ0) is 16.0. The van der Waals surface area contributed by atoms with Crippen LogP contribution in [0.5, 0.6) is 0 Å². The monoisotopic (exact) mass is 335 g/mol. The number of benzene rings is 2. The quantitative estimate of drug-likeness (QED) is 0.515. The van der Waals surface area contributed by atoms with Crippen molar-refractivity contribution in [3.63, 3.8) is 0 Å². The van der Waals surface area contributed by atoms with Gasteiger partial charge in [-0.2, -0.15) is 0 Å². The molecule has 0 aromatic heterocycles. The number of oxime groups is 1. The van der Waals surface area contributed by atoms with E-state index >= 15 is 0 Å². The molecule has 0 bridgehead atoms. The molecule has 6 heteroatoms. The van der Waals surface area contributed by atoms with Crippen LogP contribution in [0.3, 0.4) is 0 Å². The minimum absolute atomic E-state index is 0.111. The third-order valence-corrected chi connectivity index (χ3v) is 5.17. The van der Waals surface area contributed by atoms with Crippen LogP contribution in [0, 0.1) is 0 Å². The van der Waals surface area contributed by atoms with Crippen LogP contribution in [0.25, 0.3) is 6.08 Å². The second kappa shape index (κ2) is 7.24. The third kappa shape index (κ3) is 3.96. The summed E-state index contributed by atoms with van der Waals surface area (Å²) >= 11 is 5.77. The molecule has 1 atom stereocenters. The molecule has 2 aromatic rings. The molecule has 0 saturated heterocycles. The van der Waals surface area contributed by atoms with Gasteiger partial charge in [-0.3, -0.25) is 0 Å². The van der Waals surface area contributed by atoms with Gasteiger partial charge >= 0.3 is 0 Å². The van der Waals surface area contributed by atoms with E-state index in [4.69, 9.17) is 16.8 Å². The summed E-state index contributed by atoms with van der Waals surface area (Å²) < 4.78 is 25.1. The molecule has 0 fully saturated rings. The first-order valence-electron chi connectivity index (χ1n) is 6.44. The van der Waals surface area contributed by atoms with Crippen LogP contribution in [-0.4, -0.2) is 25.1 Å². The molecular weight excluding hydrogens is 322 g/mol. The van der Waals surface area contributed by atoms with Crippen LogP contribution in [0.4, 0.5) is 0 Å². The molecule has 22 heavy (non-hydrogen) atoms. The molecule has 0 heterocycles. The molecular formula is C16H14ClNO3S. The van der Waals surface area contributed by atoms with Gasteiger partial charge in [0, 0.05) is 5.02 Å². The topological polar surface area (TPSA) is 66.7 Å². The Morgan fingerprint density at radius 2 is 1.68 bits per heavy atom. The van der Waals surface area contributed by atoms with Gasteiger partial charge in [-0.15, -0.1) is 5.16 Å². The zero-order valence-corrected chi connectivity index (χ0v) is 13.1. The van der Waals surface area contributed by atoms with Crippen molar-refractivity contribution in [3.8, 4) is 0 Å². The van der Waals surface area contributed by atoms with Crippen molar-refractivity contribution in [1.29, 1.82) is 0 Å². The number of nitrogens with zero attached hydrogens (tertiary/aromatic N) is 1. The first-order valence-corrected chi connectivity index (χ1v) is 8.37. The Hall–Kier alpha value is -2.11. The molecule has 114 valence electrons. The van der Waals surface area contributed by atoms with Crippen molar-refractivity contribution < 1.29 is 13.6 Å². The lowest BCUT2D eigenvalue weighted by Gasteiger charge is -2.09. The molecule has 1 N–H and O–H groups in total. The number of sulfone groups is 1. The van der Waals surface area contributed by atoms with Gasteiger partial charge in [0.25, 0.3) is 0 Å². The molecule has 0 spiro atoms. The van der Waals surface area contributed by atoms with Gasteiger partial charge in [0.1, 0.15) is 5.25 Å². The van der Waals surface area contributed by atoms with E-state index in [0.717, 1.165) is 11.8 Å². The van der Waals surface area contributed by atoms with Gasteiger partial charge in [-0.25, -0.2) is 8.42 Å². The summed E-state index contributed by atoms with van der Waals surface area (Å²) in [5.74, 6) is 0. The molecule has 0 aliphatic rings. The van der Waals surface area contributed by atoms with E-state index in [2.05, 4.69) is 5.16 Å². The highest BCUT2D eigenvalue weighted by Crippen LogP contribution is 2.19. The number of hydrogen-bond acceptors (Lipinski definition) is 4. The molecule has 4 nitrogen and oxygen atoms in total. The van der Waals surface area contributed by atoms with E-state index in [1.165, 1.54) is 30.3 Å². The van der Waals surface area contributed by atoms with Crippen LogP contribution >= 0.6 is 11.6 Å². The molecule has 0 unspecified atom stereocenters. The molecule has 0 amide bonds. The minimum Gasteiger partial charge on any atom is -0.411 e. The Balaban J connectivity index is 2.34. The summed E-state index contributed by atoms with van der Waals surface area (Å²) in [6, 6.07) is 15.1. The Bertz CT molecular complexity index is 769. The number of rotatable bonds is 5. The molecule has 0 aliphatic carbocycles. The molecule has 0 saturated carbocycles. The third-order valence-electron chi connectivity index (χ3n) is 2.99. The Morgan fingerprint density at radius 3 is 2.27 bits per heavy atom.